The van der Waals surface area contributed by atoms with Crippen LogP contribution in [0.3, 0.4) is 0 Å². The Hall–Kier alpha value is -0.210. The molecule has 1 N–H and O–H groups in total. The summed E-state index contributed by atoms with van der Waals surface area (Å²) in [7, 11) is -3.31. The molecular weight excluding hydrogens is 266 g/mol. The summed E-state index contributed by atoms with van der Waals surface area (Å²) in [6, 6.07) is 0.792. The van der Waals surface area contributed by atoms with E-state index in [1.54, 1.807) is 0 Å². The highest BCUT2D eigenvalue weighted by Crippen LogP contribution is 2.31. The fourth-order valence-electron chi connectivity index (χ4n) is 2.90. The molecular formula is C12H23N3O3S. The molecule has 3 aliphatic rings. The third-order valence-electron chi connectivity index (χ3n) is 4.24. The Balaban J connectivity index is 1.45. The van der Waals surface area contributed by atoms with E-state index in [1.807, 2.05) is 0 Å². The van der Waals surface area contributed by atoms with E-state index >= 15 is 0 Å². The summed E-state index contributed by atoms with van der Waals surface area (Å²) in [5.41, 5.74) is 0. The second kappa shape index (κ2) is 5.65. The first-order valence-electron chi connectivity index (χ1n) is 7.22. The first-order chi connectivity index (χ1) is 9.15. The average molecular weight is 289 g/mol. The number of nitrogens with one attached hydrogen (secondary N) is 1. The van der Waals surface area contributed by atoms with Gasteiger partial charge in [0.2, 0.25) is 0 Å². The minimum absolute atomic E-state index is 0.466. The number of nitrogens with zero attached hydrogens (tertiary/aromatic N) is 2. The molecule has 0 aromatic heterocycles. The van der Waals surface area contributed by atoms with Crippen molar-refractivity contribution >= 4 is 10.2 Å². The van der Waals surface area contributed by atoms with Crippen molar-refractivity contribution in [2.45, 2.75) is 25.3 Å². The standard InChI is InChI=1S/C12H23N3O3S/c16-19(17,15-5-7-18-8-6-15)13-9-11-3-4-14(10-11)12-1-2-12/h11-13H,1-10H2/t11-/m0/s1. The quantitative estimate of drug-likeness (QED) is 0.751. The molecule has 0 unspecified atom stereocenters. The maximum Gasteiger partial charge on any atom is 0.279 e. The number of likely N-dealkylation sites (tertiary alicyclic amines) is 1. The van der Waals surface area contributed by atoms with Crippen molar-refractivity contribution in [3.63, 3.8) is 0 Å². The van der Waals surface area contributed by atoms with Crippen molar-refractivity contribution in [1.29, 1.82) is 0 Å². The molecule has 0 aromatic carbocycles. The number of ether oxygens (including phenoxy) is 1. The van der Waals surface area contributed by atoms with Crippen LogP contribution in [-0.2, 0) is 14.9 Å². The largest absolute Gasteiger partial charge is 0.379 e. The summed E-state index contributed by atoms with van der Waals surface area (Å²) in [6.07, 6.45) is 3.76. The van der Waals surface area contributed by atoms with Gasteiger partial charge in [-0.25, -0.2) is 4.72 Å². The lowest BCUT2D eigenvalue weighted by Crippen LogP contribution is -2.47. The van der Waals surface area contributed by atoms with Gasteiger partial charge in [0, 0.05) is 32.2 Å². The normalized spacial score (nSPS) is 30.8. The van der Waals surface area contributed by atoms with Gasteiger partial charge in [-0.15, -0.1) is 0 Å². The number of hydrogen-bond acceptors (Lipinski definition) is 4. The fourth-order valence-corrected chi connectivity index (χ4v) is 4.16. The van der Waals surface area contributed by atoms with Crippen LogP contribution < -0.4 is 4.72 Å². The topological polar surface area (TPSA) is 61.9 Å². The average Bonchev–Trinajstić information content (AvgIpc) is 3.17. The van der Waals surface area contributed by atoms with Gasteiger partial charge in [-0.3, -0.25) is 0 Å². The van der Waals surface area contributed by atoms with Gasteiger partial charge >= 0.3 is 0 Å². The lowest BCUT2D eigenvalue weighted by atomic mass is 10.1. The van der Waals surface area contributed by atoms with Crippen molar-refractivity contribution in [2.75, 3.05) is 45.9 Å². The van der Waals surface area contributed by atoms with E-state index in [4.69, 9.17) is 4.74 Å². The molecule has 3 rings (SSSR count). The van der Waals surface area contributed by atoms with Crippen molar-refractivity contribution in [3.05, 3.63) is 0 Å². The minimum Gasteiger partial charge on any atom is -0.379 e. The highest BCUT2D eigenvalue weighted by molar-refractivity contribution is 7.87. The van der Waals surface area contributed by atoms with Crippen LogP contribution in [0.15, 0.2) is 0 Å². The maximum absolute atomic E-state index is 12.1. The third-order valence-corrected chi connectivity index (χ3v) is 5.82. The van der Waals surface area contributed by atoms with Crippen LogP contribution in [0.2, 0.25) is 0 Å². The van der Waals surface area contributed by atoms with Gasteiger partial charge in [-0.05, 0) is 31.7 Å². The third kappa shape index (κ3) is 3.46. The molecule has 7 heteroatoms. The highest BCUT2D eigenvalue weighted by atomic mass is 32.2. The van der Waals surface area contributed by atoms with Gasteiger partial charge in [-0.1, -0.05) is 0 Å². The van der Waals surface area contributed by atoms with Crippen LogP contribution in [0.5, 0.6) is 0 Å². The number of morpholine rings is 1. The molecule has 0 spiro atoms. The van der Waals surface area contributed by atoms with Crippen LogP contribution in [0.4, 0.5) is 0 Å². The van der Waals surface area contributed by atoms with Crippen molar-refractivity contribution in [1.82, 2.24) is 13.9 Å². The molecule has 1 saturated carbocycles. The molecule has 110 valence electrons. The molecule has 19 heavy (non-hydrogen) atoms. The van der Waals surface area contributed by atoms with E-state index in [0.29, 0.717) is 38.8 Å². The molecule has 2 heterocycles. The van der Waals surface area contributed by atoms with E-state index in [2.05, 4.69) is 9.62 Å². The zero-order chi connectivity index (χ0) is 13.3. The Bertz CT molecular complexity index is 404. The van der Waals surface area contributed by atoms with Gasteiger partial charge < -0.3 is 9.64 Å². The molecule has 1 aliphatic carbocycles. The van der Waals surface area contributed by atoms with E-state index in [1.165, 1.54) is 17.1 Å². The van der Waals surface area contributed by atoms with Crippen molar-refractivity contribution in [2.24, 2.45) is 5.92 Å². The van der Waals surface area contributed by atoms with Crippen LogP contribution in [0, 0.1) is 5.92 Å². The second-order valence-corrected chi connectivity index (χ2v) is 7.50. The summed E-state index contributed by atoms with van der Waals surface area (Å²) < 4.78 is 33.7. The predicted octanol–water partition coefficient (Wildman–Crippen LogP) is -0.363. The van der Waals surface area contributed by atoms with Gasteiger partial charge in [0.05, 0.1) is 13.2 Å². The molecule has 2 saturated heterocycles. The lowest BCUT2D eigenvalue weighted by molar-refractivity contribution is 0.0724. The summed E-state index contributed by atoms with van der Waals surface area (Å²) in [5, 5.41) is 0. The van der Waals surface area contributed by atoms with Crippen LogP contribution in [0.25, 0.3) is 0 Å². The fraction of sp³-hybridized carbons (Fsp3) is 1.00. The second-order valence-electron chi connectivity index (χ2n) is 5.75. The van der Waals surface area contributed by atoms with Gasteiger partial charge in [0.1, 0.15) is 0 Å². The van der Waals surface area contributed by atoms with E-state index in [0.717, 1.165) is 25.6 Å². The Morgan fingerprint density at radius 2 is 1.84 bits per heavy atom. The Morgan fingerprint density at radius 3 is 2.53 bits per heavy atom. The lowest BCUT2D eigenvalue weighted by Gasteiger charge is -2.26. The number of hydrogen-bond donors (Lipinski definition) is 1. The summed E-state index contributed by atoms with van der Waals surface area (Å²) in [5.74, 6) is 0.469. The molecule has 0 amide bonds. The molecule has 2 aliphatic heterocycles. The molecule has 3 fully saturated rings. The zero-order valence-corrected chi connectivity index (χ0v) is 12.1. The predicted molar refractivity (Wildman–Crippen MR) is 72.0 cm³/mol. The van der Waals surface area contributed by atoms with Crippen molar-refractivity contribution < 1.29 is 13.2 Å². The molecule has 0 aromatic rings. The zero-order valence-electron chi connectivity index (χ0n) is 11.3. The summed E-state index contributed by atoms with van der Waals surface area (Å²) >= 11 is 0. The summed E-state index contributed by atoms with van der Waals surface area (Å²) in [4.78, 5) is 2.51. The Morgan fingerprint density at radius 1 is 1.11 bits per heavy atom. The van der Waals surface area contributed by atoms with Crippen molar-refractivity contribution in [3.8, 4) is 0 Å². The molecule has 1 atom stereocenters. The van der Waals surface area contributed by atoms with Crippen LogP contribution >= 0.6 is 0 Å². The van der Waals surface area contributed by atoms with Gasteiger partial charge in [0.15, 0.2) is 0 Å². The molecule has 0 bridgehead atoms. The van der Waals surface area contributed by atoms with E-state index < -0.39 is 10.2 Å². The summed E-state index contributed by atoms with van der Waals surface area (Å²) in [6.45, 7) is 4.69. The first kappa shape index (κ1) is 13.8. The molecule has 0 radical (unpaired) electrons. The van der Waals surface area contributed by atoms with E-state index in [9.17, 15) is 8.42 Å². The van der Waals surface area contributed by atoms with E-state index in [-0.39, 0.29) is 0 Å². The maximum atomic E-state index is 12.1. The van der Waals surface area contributed by atoms with Crippen LogP contribution in [-0.4, -0.2) is 69.6 Å². The highest BCUT2D eigenvalue weighted by Gasteiger charge is 2.35. The number of rotatable bonds is 5. The Labute approximate surface area is 115 Å². The molecule has 6 nitrogen and oxygen atoms in total. The first-order valence-corrected chi connectivity index (χ1v) is 8.66. The van der Waals surface area contributed by atoms with Crippen LogP contribution in [0.1, 0.15) is 19.3 Å². The van der Waals surface area contributed by atoms with Gasteiger partial charge in [-0.2, -0.15) is 12.7 Å². The SMILES string of the molecule is O=S(=O)(NC[C@@H]1CCN(C2CC2)C1)N1CCOCC1. The van der Waals surface area contributed by atoms with Gasteiger partial charge in [0.25, 0.3) is 10.2 Å². The minimum atomic E-state index is -3.31. The monoisotopic (exact) mass is 289 g/mol. The smallest absolute Gasteiger partial charge is 0.279 e. The Kier molecular flexibility index (Phi) is 4.09.